The first-order valence-corrected chi connectivity index (χ1v) is 8.11. The summed E-state index contributed by atoms with van der Waals surface area (Å²) in [5.41, 5.74) is 2.14. The first-order valence-electron chi connectivity index (χ1n) is 7.23. The van der Waals surface area contributed by atoms with Crippen molar-refractivity contribution >= 4 is 23.1 Å². The summed E-state index contributed by atoms with van der Waals surface area (Å²) in [6, 6.07) is 3.07. The number of Topliss-reactive ketones (excluding diaryl/α,β-unsaturated/α-hetero) is 1. The average Bonchev–Trinajstić information content (AvgIpc) is 2.99. The van der Waals surface area contributed by atoms with Gasteiger partial charge in [0, 0.05) is 11.8 Å². The van der Waals surface area contributed by atoms with Gasteiger partial charge in [0.05, 0.1) is 18.4 Å². The van der Waals surface area contributed by atoms with E-state index in [4.69, 9.17) is 4.74 Å². The second-order valence-corrected chi connectivity index (χ2v) is 6.41. The SMILES string of the molecule is COc1ccc(C(=O)O)c(CC(=O)c2nc(C(C)C)cs2)c1C. The summed E-state index contributed by atoms with van der Waals surface area (Å²) < 4.78 is 5.23. The van der Waals surface area contributed by atoms with Gasteiger partial charge in [-0.05, 0) is 36.1 Å². The molecule has 6 heteroatoms. The van der Waals surface area contributed by atoms with Crippen LogP contribution in [0.1, 0.15) is 56.7 Å². The van der Waals surface area contributed by atoms with Crippen molar-refractivity contribution in [2.45, 2.75) is 33.1 Å². The molecular formula is C17H19NO4S. The summed E-state index contributed by atoms with van der Waals surface area (Å²) in [5, 5.41) is 11.6. The molecule has 1 aromatic heterocycles. The standard InChI is InChI=1S/C17H19NO4S/c1-9(2)13-8-23-16(18-13)14(19)7-12-10(3)15(22-4)6-5-11(12)17(20)21/h5-6,8-9H,7H2,1-4H3,(H,20,21). The molecule has 0 bridgehead atoms. The van der Waals surface area contributed by atoms with Gasteiger partial charge in [0.1, 0.15) is 5.75 Å². The monoisotopic (exact) mass is 333 g/mol. The third kappa shape index (κ3) is 3.59. The second kappa shape index (κ2) is 6.91. The van der Waals surface area contributed by atoms with Gasteiger partial charge in [0.2, 0.25) is 0 Å². The molecule has 0 atom stereocenters. The molecule has 122 valence electrons. The molecule has 2 aromatic rings. The minimum atomic E-state index is -1.06. The van der Waals surface area contributed by atoms with E-state index in [0.29, 0.717) is 21.9 Å². The number of thiazole rings is 1. The molecule has 0 spiro atoms. The highest BCUT2D eigenvalue weighted by Crippen LogP contribution is 2.27. The lowest BCUT2D eigenvalue weighted by molar-refractivity contribution is 0.0695. The number of rotatable bonds is 6. The Morgan fingerprint density at radius 3 is 2.57 bits per heavy atom. The van der Waals surface area contributed by atoms with Gasteiger partial charge in [-0.15, -0.1) is 11.3 Å². The maximum absolute atomic E-state index is 12.5. The summed E-state index contributed by atoms with van der Waals surface area (Å²) in [5.74, 6) is -0.415. The lowest BCUT2D eigenvalue weighted by atomic mass is 9.96. The van der Waals surface area contributed by atoms with Crippen molar-refractivity contribution in [2.75, 3.05) is 7.11 Å². The third-order valence-electron chi connectivity index (χ3n) is 3.69. The number of ether oxygens (including phenoxy) is 1. The summed E-state index contributed by atoms with van der Waals surface area (Å²) in [6.07, 6.45) is -0.00425. The number of methoxy groups -OCH3 is 1. The van der Waals surface area contributed by atoms with Gasteiger partial charge in [-0.25, -0.2) is 9.78 Å². The van der Waals surface area contributed by atoms with Gasteiger partial charge in [0.25, 0.3) is 0 Å². The van der Waals surface area contributed by atoms with Crippen molar-refractivity contribution in [1.82, 2.24) is 4.98 Å². The van der Waals surface area contributed by atoms with E-state index in [2.05, 4.69) is 4.98 Å². The van der Waals surface area contributed by atoms with Crippen LogP contribution < -0.4 is 4.74 Å². The van der Waals surface area contributed by atoms with Crippen LogP contribution in [0.3, 0.4) is 0 Å². The molecule has 0 saturated heterocycles. The van der Waals surface area contributed by atoms with Crippen LogP contribution in [0.2, 0.25) is 0 Å². The van der Waals surface area contributed by atoms with Gasteiger partial charge >= 0.3 is 5.97 Å². The molecule has 0 unspecified atom stereocenters. The van der Waals surface area contributed by atoms with Crippen molar-refractivity contribution in [3.8, 4) is 5.75 Å². The number of benzene rings is 1. The Morgan fingerprint density at radius 2 is 2.04 bits per heavy atom. The van der Waals surface area contributed by atoms with Crippen LogP contribution in [0.5, 0.6) is 5.75 Å². The maximum Gasteiger partial charge on any atom is 0.335 e. The number of nitrogens with zero attached hydrogens (tertiary/aromatic N) is 1. The molecule has 0 aliphatic heterocycles. The highest BCUT2D eigenvalue weighted by atomic mass is 32.1. The van der Waals surface area contributed by atoms with Crippen molar-refractivity contribution < 1.29 is 19.4 Å². The first kappa shape index (κ1) is 17.1. The molecule has 0 aliphatic carbocycles. The Balaban J connectivity index is 2.37. The maximum atomic E-state index is 12.5. The van der Waals surface area contributed by atoms with E-state index in [1.54, 1.807) is 13.0 Å². The van der Waals surface area contributed by atoms with Crippen LogP contribution in [0.25, 0.3) is 0 Å². The number of carbonyl (C=O) groups excluding carboxylic acids is 1. The highest BCUT2D eigenvalue weighted by molar-refractivity contribution is 7.11. The smallest absolute Gasteiger partial charge is 0.335 e. The zero-order chi connectivity index (χ0) is 17.1. The van der Waals surface area contributed by atoms with E-state index >= 15 is 0 Å². The molecule has 0 fully saturated rings. The highest BCUT2D eigenvalue weighted by Gasteiger charge is 2.21. The Labute approximate surface area is 138 Å². The summed E-state index contributed by atoms with van der Waals surface area (Å²) in [6.45, 7) is 5.78. The second-order valence-electron chi connectivity index (χ2n) is 5.56. The molecule has 23 heavy (non-hydrogen) atoms. The molecule has 1 heterocycles. The van der Waals surface area contributed by atoms with E-state index in [1.165, 1.54) is 24.5 Å². The van der Waals surface area contributed by atoms with Crippen LogP contribution in [-0.2, 0) is 6.42 Å². The van der Waals surface area contributed by atoms with E-state index in [1.807, 2.05) is 19.2 Å². The summed E-state index contributed by atoms with van der Waals surface area (Å²) >= 11 is 1.30. The van der Waals surface area contributed by atoms with E-state index in [0.717, 1.165) is 5.69 Å². The molecular weight excluding hydrogens is 314 g/mol. The van der Waals surface area contributed by atoms with Crippen molar-refractivity contribution in [1.29, 1.82) is 0 Å². The molecule has 5 nitrogen and oxygen atoms in total. The van der Waals surface area contributed by atoms with Crippen LogP contribution in [0, 0.1) is 6.92 Å². The molecule has 0 aliphatic rings. The van der Waals surface area contributed by atoms with Crippen LogP contribution in [0.4, 0.5) is 0 Å². The lowest BCUT2D eigenvalue weighted by Crippen LogP contribution is -2.11. The van der Waals surface area contributed by atoms with E-state index in [-0.39, 0.29) is 23.7 Å². The normalized spacial score (nSPS) is 10.8. The summed E-state index contributed by atoms with van der Waals surface area (Å²) in [7, 11) is 1.52. The average molecular weight is 333 g/mol. The van der Waals surface area contributed by atoms with Gasteiger partial charge in [-0.2, -0.15) is 0 Å². The van der Waals surface area contributed by atoms with Gasteiger partial charge in [-0.3, -0.25) is 4.79 Å². The number of ketones is 1. The minimum Gasteiger partial charge on any atom is -0.496 e. The van der Waals surface area contributed by atoms with Crippen molar-refractivity contribution in [2.24, 2.45) is 0 Å². The van der Waals surface area contributed by atoms with Gasteiger partial charge < -0.3 is 9.84 Å². The Kier molecular flexibility index (Phi) is 5.15. The van der Waals surface area contributed by atoms with Crippen LogP contribution in [0.15, 0.2) is 17.5 Å². The molecule has 0 amide bonds. The van der Waals surface area contributed by atoms with Gasteiger partial charge in [-0.1, -0.05) is 13.8 Å². The Hall–Kier alpha value is -2.21. The Bertz CT molecular complexity index is 749. The number of hydrogen-bond donors (Lipinski definition) is 1. The fourth-order valence-corrected chi connectivity index (χ4v) is 3.22. The van der Waals surface area contributed by atoms with Crippen molar-refractivity contribution in [3.05, 3.63) is 44.9 Å². The fourth-order valence-electron chi connectivity index (χ4n) is 2.30. The first-order chi connectivity index (χ1) is 10.8. The number of carboxylic acids is 1. The topological polar surface area (TPSA) is 76.5 Å². The predicted octanol–water partition coefficient (Wildman–Crippen LogP) is 3.71. The van der Waals surface area contributed by atoms with Crippen molar-refractivity contribution in [3.63, 3.8) is 0 Å². The Morgan fingerprint density at radius 1 is 1.35 bits per heavy atom. The molecule has 0 saturated carbocycles. The van der Waals surface area contributed by atoms with Crippen LogP contribution >= 0.6 is 11.3 Å². The molecule has 1 N–H and O–H groups in total. The minimum absolute atomic E-state index is 0.00425. The summed E-state index contributed by atoms with van der Waals surface area (Å²) in [4.78, 5) is 28.3. The zero-order valence-electron chi connectivity index (χ0n) is 13.5. The van der Waals surface area contributed by atoms with E-state index < -0.39 is 5.97 Å². The number of aromatic nitrogens is 1. The predicted molar refractivity (Wildman–Crippen MR) is 88.9 cm³/mol. The largest absolute Gasteiger partial charge is 0.496 e. The lowest BCUT2D eigenvalue weighted by Gasteiger charge is -2.12. The zero-order valence-corrected chi connectivity index (χ0v) is 14.4. The molecule has 1 aromatic carbocycles. The number of carboxylic acid groups (broad SMARTS) is 1. The van der Waals surface area contributed by atoms with E-state index in [9.17, 15) is 14.7 Å². The number of carbonyl (C=O) groups is 2. The number of aromatic carboxylic acids is 1. The fraction of sp³-hybridized carbons (Fsp3) is 0.353. The molecule has 0 radical (unpaired) electrons. The third-order valence-corrected chi connectivity index (χ3v) is 4.59. The molecule has 2 rings (SSSR count). The van der Waals surface area contributed by atoms with Gasteiger partial charge in [0.15, 0.2) is 10.8 Å². The van der Waals surface area contributed by atoms with Crippen LogP contribution in [-0.4, -0.2) is 29.0 Å². The quantitative estimate of drug-likeness (QED) is 0.816. The number of hydrogen-bond acceptors (Lipinski definition) is 5.